The van der Waals surface area contributed by atoms with E-state index in [-0.39, 0.29) is 17.3 Å². The van der Waals surface area contributed by atoms with Gasteiger partial charge in [-0.05, 0) is 75.1 Å². The molecule has 3 rings (SSSR count). The number of aryl methyl sites for hydroxylation is 3. The molecule has 0 saturated heterocycles. The number of rotatable bonds is 13. The van der Waals surface area contributed by atoms with Crippen molar-refractivity contribution in [2.45, 2.75) is 71.4 Å². The van der Waals surface area contributed by atoms with Crippen molar-refractivity contribution in [3.63, 3.8) is 0 Å². The Kier molecular flexibility index (Phi) is 11.9. The maximum Gasteiger partial charge on any atom is 0.264 e. The predicted octanol–water partition coefficient (Wildman–Crippen LogP) is 6.84. The molecule has 1 unspecified atom stereocenters. The third-order valence-corrected chi connectivity index (χ3v) is 9.44. The smallest absolute Gasteiger partial charge is 0.264 e. The van der Waals surface area contributed by atoms with Crippen molar-refractivity contribution in [1.29, 1.82) is 0 Å². The van der Waals surface area contributed by atoms with Crippen LogP contribution in [-0.2, 0) is 26.2 Å². The van der Waals surface area contributed by atoms with E-state index in [0.717, 1.165) is 28.3 Å². The second kappa shape index (κ2) is 14.9. The molecule has 0 spiro atoms. The molecule has 3 aromatic carbocycles. The summed E-state index contributed by atoms with van der Waals surface area (Å²) in [6.45, 7) is 9.41. The van der Waals surface area contributed by atoms with E-state index in [1.165, 1.54) is 17.0 Å². The van der Waals surface area contributed by atoms with Gasteiger partial charge in [0.15, 0.2) is 0 Å². The molecule has 0 radical (unpaired) electrons. The summed E-state index contributed by atoms with van der Waals surface area (Å²) in [7, 11) is -4.15. The Labute approximate surface area is 259 Å². The van der Waals surface area contributed by atoms with E-state index in [1.54, 1.807) is 36.4 Å². The average molecular weight is 633 g/mol. The van der Waals surface area contributed by atoms with Crippen molar-refractivity contribution in [1.82, 2.24) is 10.2 Å². The molecule has 0 fully saturated rings. The Hall–Kier alpha value is -3.07. The SMILES string of the molecule is CCCCNC(=O)C(CC)N(Cc1ccc(Cl)cc1Cl)C(=O)CN(c1ccc(C)cc1C)S(=O)(=O)c1ccc(C)cc1. The summed E-state index contributed by atoms with van der Waals surface area (Å²) in [5.41, 5.74) is 3.56. The molecule has 7 nitrogen and oxygen atoms in total. The number of amides is 2. The summed E-state index contributed by atoms with van der Waals surface area (Å²) in [6.07, 6.45) is 2.03. The Morgan fingerprint density at radius 1 is 0.905 bits per heavy atom. The molecule has 10 heteroatoms. The van der Waals surface area contributed by atoms with Crippen molar-refractivity contribution in [3.8, 4) is 0 Å². The maximum atomic E-state index is 14.2. The van der Waals surface area contributed by atoms with Crippen LogP contribution in [0.15, 0.2) is 65.6 Å². The number of nitrogens with zero attached hydrogens (tertiary/aromatic N) is 2. The van der Waals surface area contributed by atoms with Gasteiger partial charge in [-0.3, -0.25) is 13.9 Å². The highest BCUT2D eigenvalue weighted by atomic mass is 35.5. The zero-order valence-corrected chi connectivity index (χ0v) is 27.1. The third kappa shape index (κ3) is 8.27. The van der Waals surface area contributed by atoms with Crippen molar-refractivity contribution >= 4 is 50.7 Å². The zero-order chi connectivity index (χ0) is 31.0. The lowest BCUT2D eigenvalue weighted by molar-refractivity contribution is -0.140. The number of hydrogen-bond acceptors (Lipinski definition) is 4. The van der Waals surface area contributed by atoms with E-state index < -0.39 is 28.5 Å². The lowest BCUT2D eigenvalue weighted by Crippen LogP contribution is -2.52. The molecule has 0 saturated carbocycles. The first-order valence-corrected chi connectivity index (χ1v) is 16.3. The highest BCUT2D eigenvalue weighted by Crippen LogP contribution is 2.29. The first kappa shape index (κ1) is 33.4. The molecule has 0 heterocycles. The number of sulfonamides is 1. The Morgan fingerprint density at radius 2 is 1.57 bits per heavy atom. The lowest BCUT2D eigenvalue weighted by Gasteiger charge is -2.33. The molecule has 0 aliphatic rings. The predicted molar refractivity (Wildman–Crippen MR) is 171 cm³/mol. The molecular formula is C32H39Cl2N3O4S. The fourth-order valence-corrected chi connectivity index (χ4v) is 6.64. The Balaban J connectivity index is 2.09. The number of benzene rings is 3. The molecular weight excluding hydrogens is 593 g/mol. The maximum absolute atomic E-state index is 14.2. The van der Waals surface area contributed by atoms with E-state index in [0.29, 0.717) is 39.8 Å². The molecule has 3 aromatic rings. The van der Waals surface area contributed by atoms with E-state index in [4.69, 9.17) is 23.2 Å². The van der Waals surface area contributed by atoms with Crippen LogP contribution < -0.4 is 9.62 Å². The number of carbonyl (C=O) groups excluding carboxylic acids is 2. The number of halogens is 2. The molecule has 2 amide bonds. The second-order valence-electron chi connectivity index (χ2n) is 10.4. The summed E-state index contributed by atoms with van der Waals surface area (Å²) in [5.74, 6) is -0.835. The van der Waals surface area contributed by atoms with Crippen LogP contribution in [0.3, 0.4) is 0 Å². The normalized spacial score (nSPS) is 12.1. The summed E-state index contributed by atoms with van der Waals surface area (Å²) in [6, 6.07) is 16.0. The first-order chi connectivity index (χ1) is 19.9. The van der Waals surface area contributed by atoms with Crippen LogP contribution >= 0.6 is 23.2 Å². The monoisotopic (exact) mass is 631 g/mol. The van der Waals surface area contributed by atoms with Crippen molar-refractivity contribution < 1.29 is 18.0 Å². The number of hydrogen-bond donors (Lipinski definition) is 1. The fraction of sp³-hybridized carbons (Fsp3) is 0.375. The average Bonchev–Trinajstić information content (AvgIpc) is 2.93. The molecule has 0 aromatic heterocycles. The fourth-order valence-electron chi connectivity index (χ4n) is 4.70. The Bertz CT molecular complexity index is 1510. The number of carbonyl (C=O) groups is 2. The Morgan fingerprint density at radius 3 is 2.17 bits per heavy atom. The molecule has 1 atom stereocenters. The zero-order valence-electron chi connectivity index (χ0n) is 24.8. The minimum absolute atomic E-state index is 0.000159. The van der Waals surface area contributed by atoms with Gasteiger partial charge in [0.25, 0.3) is 10.0 Å². The van der Waals surface area contributed by atoms with E-state index in [1.807, 2.05) is 46.8 Å². The topological polar surface area (TPSA) is 86.8 Å². The number of unbranched alkanes of at least 4 members (excludes halogenated alkanes) is 1. The molecule has 0 bridgehead atoms. The van der Waals surface area contributed by atoms with E-state index in [9.17, 15) is 18.0 Å². The van der Waals surface area contributed by atoms with Gasteiger partial charge in [0.1, 0.15) is 12.6 Å². The standard InChI is InChI=1S/C32H39Cl2N3O4S/c1-6-8-17-35-32(39)29(7-2)36(20-25-12-13-26(33)19-28(25)34)31(38)21-37(30-16-11-23(4)18-24(30)5)42(40,41)27-14-9-22(3)10-15-27/h9-16,18-19,29H,6-8,17,20-21H2,1-5H3,(H,35,39). The summed E-state index contributed by atoms with van der Waals surface area (Å²) < 4.78 is 29.3. The molecule has 0 aliphatic heterocycles. The minimum Gasteiger partial charge on any atom is -0.354 e. The lowest BCUT2D eigenvalue weighted by atomic mass is 10.1. The van der Waals surface area contributed by atoms with Gasteiger partial charge in [-0.1, -0.05) is 84.9 Å². The molecule has 1 N–H and O–H groups in total. The van der Waals surface area contributed by atoms with Gasteiger partial charge in [-0.15, -0.1) is 0 Å². The minimum atomic E-state index is -4.15. The van der Waals surface area contributed by atoms with Crippen LogP contribution in [0.5, 0.6) is 0 Å². The highest BCUT2D eigenvalue weighted by molar-refractivity contribution is 7.92. The molecule has 0 aliphatic carbocycles. The summed E-state index contributed by atoms with van der Waals surface area (Å²) in [4.78, 5) is 29.0. The molecule has 42 heavy (non-hydrogen) atoms. The van der Waals surface area contributed by atoms with Gasteiger partial charge in [0.2, 0.25) is 11.8 Å². The van der Waals surface area contributed by atoms with E-state index >= 15 is 0 Å². The van der Waals surface area contributed by atoms with Gasteiger partial charge in [-0.2, -0.15) is 0 Å². The van der Waals surface area contributed by atoms with Gasteiger partial charge < -0.3 is 10.2 Å². The van der Waals surface area contributed by atoms with Crippen molar-refractivity contribution in [2.75, 3.05) is 17.4 Å². The van der Waals surface area contributed by atoms with Gasteiger partial charge in [0.05, 0.1) is 10.6 Å². The van der Waals surface area contributed by atoms with Crippen molar-refractivity contribution in [3.05, 3.63) is 93.0 Å². The first-order valence-electron chi connectivity index (χ1n) is 14.1. The van der Waals surface area contributed by atoms with Crippen LogP contribution in [0.25, 0.3) is 0 Å². The van der Waals surface area contributed by atoms with Gasteiger partial charge >= 0.3 is 0 Å². The second-order valence-corrected chi connectivity index (χ2v) is 13.1. The largest absolute Gasteiger partial charge is 0.354 e. The van der Waals surface area contributed by atoms with Crippen LogP contribution in [0.1, 0.15) is 55.4 Å². The number of anilines is 1. The van der Waals surface area contributed by atoms with E-state index in [2.05, 4.69) is 5.32 Å². The highest BCUT2D eigenvalue weighted by Gasteiger charge is 2.34. The van der Waals surface area contributed by atoms with Crippen molar-refractivity contribution in [2.24, 2.45) is 0 Å². The third-order valence-electron chi connectivity index (χ3n) is 7.08. The summed E-state index contributed by atoms with van der Waals surface area (Å²) >= 11 is 12.6. The van der Waals surface area contributed by atoms with Crippen LogP contribution in [-0.4, -0.2) is 44.3 Å². The summed E-state index contributed by atoms with van der Waals surface area (Å²) in [5, 5.41) is 3.71. The quantitative estimate of drug-likeness (QED) is 0.209. The van der Waals surface area contributed by atoms with Crippen LogP contribution in [0.4, 0.5) is 5.69 Å². The molecule has 226 valence electrons. The van der Waals surface area contributed by atoms with Crippen LogP contribution in [0.2, 0.25) is 10.0 Å². The van der Waals surface area contributed by atoms with Gasteiger partial charge in [0, 0.05) is 23.1 Å². The van der Waals surface area contributed by atoms with Crippen LogP contribution in [0, 0.1) is 20.8 Å². The van der Waals surface area contributed by atoms with Gasteiger partial charge in [-0.25, -0.2) is 8.42 Å². The number of nitrogens with one attached hydrogen (secondary N) is 1.